The van der Waals surface area contributed by atoms with Gasteiger partial charge in [-0.05, 0) is 6.92 Å². The van der Waals surface area contributed by atoms with E-state index >= 15 is 0 Å². The van der Waals surface area contributed by atoms with Crippen molar-refractivity contribution in [3.05, 3.63) is 11.8 Å². The lowest BCUT2D eigenvalue weighted by Gasteiger charge is -2.09. The fraction of sp³-hybridized carbons (Fsp3) is 0.500. The maximum atomic E-state index is 4.90. The average Bonchev–Trinajstić information content (AvgIpc) is 1.88. The van der Waals surface area contributed by atoms with Crippen LogP contribution in [0.4, 0.5) is 0 Å². The molecule has 0 fully saturated rings. The molecule has 9 heavy (non-hydrogen) atoms. The average molecular weight is 126 g/mol. The van der Waals surface area contributed by atoms with Gasteiger partial charge in [0.2, 0.25) is 5.90 Å². The number of methoxy groups -OCH3 is 1. The normalized spacial score (nSPS) is 17.6. The molecular weight excluding hydrogens is 116 g/mol. The van der Waals surface area contributed by atoms with Gasteiger partial charge in [0.1, 0.15) is 6.67 Å². The van der Waals surface area contributed by atoms with Gasteiger partial charge >= 0.3 is 0 Å². The van der Waals surface area contributed by atoms with Gasteiger partial charge in [0.25, 0.3) is 0 Å². The van der Waals surface area contributed by atoms with Crippen LogP contribution in [0.1, 0.15) is 6.92 Å². The van der Waals surface area contributed by atoms with Crippen LogP contribution in [0.2, 0.25) is 0 Å². The van der Waals surface area contributed by atoms with E-state index in [9.17, 15) is 0 Å². The lowest BCUT2D eigenvalue weighted by molar-refractivity contribution is 0.401. The van der Waals surface area contributed by atoms with E-state index in [1.807, 2.05) is 13.0 Å². The molecule has 1 heterocycles. The Labute approximate surface area is 54.4 Å². The number of rotatable bonds is 0. The van der Waals surface area contributed by atoms with Crippen molar-refractivity contribution in [3.8, 4) is 0 Å². The Bertz CT molecular complexity index is 160. The highest BCUT2D eigenvalue weighted by Gasteiger charge is 1.98. The summed E-state index contributed by atoms with van der Waals surface area (Å²) >= 11 is 0. The number of hydrogen-bond acceptors (Lipinski definition) is 3. The first-order valence-corrected chi connectivity index (χ1v) is 2.83. The maximum Gasteiger partial charge on any atom is 0.211 e. The number of nitrogens with one attached hydrogen (secondary N) is 1. The molecule has 50 valence electrons. The number of aliphatic imine (C=N–C) groups is 1. The van der Waals surface area contributed by atoms with Crippen LogP contribution in [0, 0.1) is 0 Å². The number of hydrogen-bond donors (Lipinski definition) is 1. The molecule has 0 saturated carbocycles. The lowest BCUT2D eigenvalue weighted by atomic mass is 10.4. The summed E-state index contributed by atoms with van der Waals surface area (Å²) in [6.45, 7) is 2.61. The number of allylic oxidation sites excluding steroid dienone is 1. The van der Waals surface area contributed by atoms with Gasteiger partial charge in [0.05, 0.1) is 7.11 Å². The van der Waals surface area contributed by atoms with Crippen molar-refractivity contribution in [3.63, 3.8) is 0 Å². The topological polar surface area (TPSA) is 33.6 Å². The third-order valence-electron chi connectivity index (χ3n) is 1.14. The summed E-state index contributed by atoms with van der Waals surface area (Å²) in [7, 11) is 1.62. The highest BCUT2D eigenvalue weighted by Crippen LogP contribution is 1.95. The zero-order chi connectivity index (χ0) is 6.69. The Morgan fingerprint density at radius 3 is 3.00 bits per heavy atom. The minimum atomic E-state index is 0.630. The van der Waals surface area contributed by atoms with Crippen molar-refractivity contribution >= 4 is 5.90 Å². The van der Waals surface area contributed by atoms with Crippen molar-refractivity contribution in [2.45, 2.75) is 6.92 Å². The van der Waals surface area contributed by atoms with E-state index in [1.165, 1.54) is 0 Å². The molecule has 0 aromatic heterocycles. The maximum absolute atomic E-state index is 4.90. The van der Waals surface area contributed by atoms with E-state index < -0.39 is 0 Å². The lowest BCUT2D eigenvalue weighted by Crippen LogP contribution is -2.19. The van der Waals surface area contributed by atoms with E-state index in [1.54, 1.807) is 7.11 Å². The fourth-order valence-corrected chi connectivity index (χ4v) is 0.648. The minimum absolute atomic E-state index is 0.630. The second-order valence-corrected chi connectivity index (χ2v) is 1.86. The quantitative estimate of drug-likeness (QED) is 0.512. The molecule has 0 radical (unpaired) electrons. The van der Waals surface area contributed by atoms with Crippen LogP contribution in [0.5, 0.6) is 0 Å². The molecule has 0 saturated heterocycles. The van der Waals surface area contributed by atoms with Crippen LogP contribution in [-0.2, 0) is 4.74 Å². The molecule has 0 amide bonds. The summed E-state index contributed by atoms with van der Waals surface area (Å²) < 4.78 is 4.90. The summed E-state index contributed by atoms with van der Waals surface area (Å²) in [6, 6.07) is 0. The predicted molar refractivity (Wildman–Crippen MR) is 36.2 cm³/mol. The highest BCUT2D eigenvalue weighted by atomic mass is 16.5. The monoisotopic (exact) mass is 126 g/mol. The van der Waals surface area contributed by atoms with Crippen LogP contribution in [0.15, 0.2) is 16.8 Å². The molecule has 3 nitrogen and oxygen atoms in total. The van der Waals surface area contributed by atoms with Crippen LogP contribution in [0.3, 0.4) is 0 Å². The van der Waals surface area contributed by atoms with Crippen LogP contribution in [-0.4, -0.2) is 19.7 Å². The molecule has 0 atom stereocenters. The minimum Gasteiger partial charge on any atom is -0.481 e. The van der Waals surface area contributed by atoms with Gasteiger partial charge in [-0.2, -0.15) is 0 Å². The van der Waals surface area contributed by atoms with Gasteiger partial charge in [-0.15, -0.1) is 0 Å². The molecule has 0 aromatic rings. The molecule has 0 unspecified atom stereocenters. The number of nitrogens with zero attached hydrogens (tertiary/aromatic N) is 1. The Hall–Kier alpha value is -0.990. The van der Waals surface area contributed by atoms with E-state index in [-0.39, 0.29) is 0 Å². The van der Waals surface area contributed by atoms with Crippen LogP contribution in [0.25, 0.3) is 0 Å². The standard InChI is InChI=1S/C6H10N2O/c1-5-3-6(9-2)8-4-7-5/h3,7H,4H2,1-2H3. The molecule has 0 bridgehead atoms. The predicted octanol–water partition coefficient (Wildman–Crippen LogP) is 0.496. The summed E-state index contributed by atoms with van der Waals surface area (Å²) in [5.41, 5.74) is 1.10. The Morgan fingerprint density at radius 1 is 1.78 bits per heavy atom. The molecule has 1 aliphatic rings. The Balaban J connectivity index is 2.63. The highest BCUT2D eigenvalue weighted by molar-refractivity contribution is 5.88. The van der Waals surface area contributed by atoms with E-state index in [0.717, 1.165) is 5.70 Å². The fourth-order valence-electron chi connectivity index (χ4n) is 0.648. The molecule has 0 spiro atoms. The van der Waals surface area contributed by atoms with Gasteiger partial charge in [-0.25, -0.2) is 4.99 Å². The van der Waals surface area contributed by atoms with Crippen LogP contribution < -0.4 is 5.32 Å². The number of ether oxygens (including phenoxy) is 1. The first-order valence-electron chi connectivity index (χ1n) is 2.83. The van der Waals surface area contributed by atoms with E-state index in [0.29, 0.717) is 12.6 Å². The van der Waals surface area contributed by atoms with Crippen LogP contribution >= 0.6 is 0 Å². The van der Waals surface area contributed by atoms with Gasteiger partial charge < -0.3 is 10.1 Å². The zero-order valence-corrected chi connectivity index (χ0v) is 5.64. The van der Waals surface area contributed by atoms with Gasteiger partial charge in [-0.3, -0.25) is 0 Å². The van der Waals surface area contributed by atoms with Crippen molar-refractivity contribution in [1.29, 1.82) is 0 Å². The molecule has 1 rings (SSSR count). The second-order valence-electron chi connectivity index (χ2n) is 1.86. The van der Waals surface area contributed by atoms with Crippen molar-refractivity contribution < 1.29 is 4.74 Å². The molecule has 0 aliphatic carbocycles. The molecule has 1 aliphatic heterocycles. The van der Waals surface area contributed by atoms with Crippen molar-refractivity contribution in [2.75, 3.05) is 13.8 Å². The third kappa shape index (κ3) is 1.45. The SMILES string of the molecule is COC1=NCNC(C)=C1. The van der Waals surface area contributed by atoms with Gasteiger partial charge in [0, 0.05) is 11.8 Å². The summed E-state index contributed by atoms with van der Waals surface area (Å²) in [5, 5.41) is 3.04. The molecule has 3 heteroatoms. The van der Waals surface area contributed by atoms with Crippen molar-refractivity contribution in [1.82, 2.24) is 5.32 Å². The van der Waals surface area contributed by atoms with E-state index in [2.05, 4.69) is 10.3 Å². The molecule has 1 N–H and O–H groups in total. The molecule has 0 aromatic carbocycles. The summed E-state index contributed by atoms with van der Waals surface area (Å²) in [5.74, 6) is 0.700. The van der Waals surface area contributed by atoms with Gasteiger partial charge in [-0.1, -0.05) is 0 Å². The Morgan fingerprint density at radius 2 is 2.56 bits per heavy atom. The largest absolute Gasteiger partial charge is 0.481 e. The smallest absolute Gasteiger partial charge is 0.211 e. The van der Waals surface area contributed by atoms with Crippen molar-refractivity contribution in [2.24, 2.45) is 4.99 Å². The molecular formula is C6H10N2O. The first kappa shape index (κ1) is 6.13. The van der Waals surface area contributed by atoms with E-state index in [4.69, 9.17) is 4.74 Å². The summed E-state index contributed by atoms with van der Waals surface area (Å²) in [6.07, 6.45) is 1.86. The first-order chi connectivity index (χ1) is 4.33. The second kappa shape index (κ2) is 2.53. The third-order valence-corrected chi connectivity index (χ3v) is 1.14. The van der Waals surface area contributed by atoms with Gasteiger partial charge in [0.15, 0.2) is 0 Å². The zero-order valence-electron chi connectivity index (χ0n) is 5.64. The summed E-state index contributed by atoms with van der Waals surface area (Å²) in [4.78, 5) is 4.01. The Kier molecular flexibility index (Phi) is 1.72.